The standard InChI is InChI=1S/C24H25ClN2O/c1-2-27(23-9-5-7-18-6-3-4-8-22(18)23)21-14-19(15-21)24(28)26-16-17-10-12-20(25)13-11-17/h3-13,19,21H,2,14-16H2,1H3,(H,26,28). The molecule has 3 nitrogen and oxygen atoms in total. The lowest BCUT2D eigenvalue weighted by Crippen LogP contribution is -2.49. The van der Waals surface area contributed by atoms with Crippen LogP contribution in [-0.4, -0.2) is 18.5 Å². The van der Waals surface area contributed by atoms with E-state index in [1.165, 1.54) is 16.5 Å². The lowest BCUT2D eigenvalue weighted by Gasteiger charge is -2.43. The van der Waals surface area contributed by atoms with Crippen LogP contribution in [0.5, 0.6) is 0 Å². The van der Waals surface area contributed by atoms with Crippen LogP contribution in [0.2, 0.25) is 5.02 Å². The highest BCUT2D eigenvalue weighted by Gasteiger charge is 2.37. The lowest BCUT2D eigenvalue weighted by molar-refractivity contribution is -0.128. The van der Waals surface area contributed by atoms with E-state index >= 15 is 0 Å². The molecule has 0 spiro atoms. The third kappa shape index (κ3) is 3.85. The van der Waals surface area contributed by atoms with Crippen LogP contribution in [0.25, 0.3) is 10.8 Å². The maximum Gasteiger partial charge on any atom is 0.223 e. The predicted octanol–water partition coefficient (Wildman–Crippen LogP) is 5.41. The normalized spacial score (nSPS) is 18.5. The van der Waals surface area contributed by atoms with Crippen molar-refractivity contribution < 1.29 is 4.79 Å². The highest BCUT2D eigenvalue weighted by Crippen LogP contribution is 2.37. The van der Waals surface area contributed by atoms with Crippen LogP contribution in [0.15, 0.2) is 66.7 Å². The molecule has 0 bridgehead atoms. The molecule has 4 heteroatoms. The number of hydrogen-bond acceptors (Lipinski definition) is 2. The van der Waals surface area contributed by atoms with Crippen molar-refractivity contribution in [3.8, 4) is 0 Å². The molecule has 1 fully saturated rings. The van der Waals surface area contributed by atoms with Gasteiger partial charge in [-0.15, -0.1) is 0 Å². The maximum atomic E-state index is 12.5. The zero-order chi connectivity index (χ0) is 19.5. The summed E-state index contributed by atoms with van der Waals surface area (Å²) < 4.78 is 0. The average Bonchev–Trinajstić information content (AvgIpc) is 2.69. The highest BCUT2D eigenvalue weighted by atomic mass is 35.5. The average molecular weight is 393 g/mol. The lowest BCUT2D eigenvalue weighted by atomic mass is 9.78. The van der Waals surface area contributed by atoms with Crippen molar-refractivity contribution in [1.82, 2.24) is 5.32 Å². The zero-order valence-electron chi connectivity index (χ0n) is 16.1. The van der Waals surface area contributed by atoms with Gasteiger partial charge in [0.05, 0.1) is 0 Å². The molecular weight excluding hydrogens is 368 g/mol. The van der Waals surface area contributed by atoms with Crippen molar-refractivity contribution in [2.75, 3.05) is 11.4 Å². The highest BCUT2D eigenvalue weighted by molar-refractivity contribution is 6.30. The SMILES string of the molecule is CCN(c1cccc2ccccc12)C1CC(C(=O)NCc2ccc(Cl)cc2)C1. The van der Waals surface area contributed by atoms with Gasteiger partial charge >= 0.3 is 0 Å². The maximum absolute atomic E-state index is 12.5. The molecule has 0 saturated heterocycles. The van der Waals surface area contributed by atoms with Crippen LogP contribution >= 0.6 is 11.6 Å². The van der Waals surface area contributed by atoms with E-state index in [0.29, 0.717) is 17.6 Å². The van der Waals surface area contributed by atoms with Crippen molar-refractivity contribution in [2.45, 2.75) is 32.4 Å². The van der Waals surface area contributed by atoms with Gasteiger partial charge < -0.3 is 10.2 Å². The van der Waals surface area contributed by atoms with Gasteiger partial charge in [-0.1, -0.05) is 60.1 Å². The number of fused-ring (bicyclic) bond motifs is 1. The number of carbonyl (C=O) groups is 1. The van der Waals surface area contributed by atoms with Crippen LogP contribution in [0.4, 0.5) is 5.69 Å². The van der Waals surface area contributed by atoms with E-state index in [4.69, 9.17) is 11.6 Å². The van der Waals surface area contributed by atoms with Crippen molar-refractivity contribution >= 4 is 34.0 Å². The molecule has 3 aromatic carbocycles. The van der Waals surface area contributed by atoms with E-state index in [9.17, 15) is 4.79 Å². The molecule has 1 N–H and O–H groups in total. The molecule has 0 aliphatic heterocycles. The third-order valence-electron chi connectivity index (χ3n) is 5.72. The largest absolute Gasteiger partial charge is 0.368 e. The summed E-state index contributed by atoms with van der Waals surface area (Å²) in [7, 11) is 0. The smallest absolute Gasteiger partial charge is 0.223 e. The van der Waals surface area contributed by atoms with Crippen LogP contribution in [0.3, 0.4) is 0 Å². The van der Waals surface area contributed by atoms with Crippen molar-refractivity contribution in [1.29, 1.82) is 0 Å². The molecule has 1 aliphatic rings. The molecule has 0 aromatic heterocycles. The Morgan fingerprint density at radius 2 is 1.75 bits per heavy atom. The van der Waals surface area contributed by atoms with Gasteiger partial charge in [0.25, 0.3) is 0 Å². The summed E-state index contributed by atoms with van der Waals surface area (Å²) >= 11 is 5.91. The fraction of sp³-hybridized carbons (Fsp3) is 0.292. The molecule has 3 aromatic rings. The molecule has 28 heavy (non-hydrogen) atoms. The first-order valence-electron chi connectivity index (χ1n) is 9.92. The summed E-state index contributed by atoms with van der Waals surface area (Å²) in [5, 5.41) is 6.32. The first kappa shape index (κ1) is 18.8. The molecule has 0 atom stereocenters. The van der Waals surface area contributed by atoms with Gasteiger partial charge in [0.15, 0.2) is 0 Å². The van der Waals surface area contributed by atoms with Gasteiger partial charge in [0.1, 0.15) is 0 Å². The van der Waals surface area contributed by atoms with Crippen LogP contribution in [0, 0.1) is 5.92 Å². The molecule has 1 amide bonds. The second kappa shape index (κ2) is 8.24. The summed E-state index contributed by atoms with van der Waals surface area (Å²) in [5.74, 6) is 0.251. The van der Waals surface area contributed by atoms with Gasteiger partial charge in [0, 0.05) is 41.1 Å². The Morgan fingerprint density at radius 1 is 1.04 bits per heavy atom. The quantitative estimate of drug-likeness (QED) is 0.607. The van der Waals surface area contributed by atoms with E-state index in [1.807, 2.05) is 24.3 Å². The first-order valence-corrected chi connectivity index (χ1v) is 10.3. The minimum Gasteiger partial charge on any atom is -0.368 e. The molecule has 0 radical (unpaired) electrons. The number of rotatable bonds is 6. The molecule has 1 aliphatic carbocycles. The summed E-state index contributed by atoms with van der Waals surface area (Å²) in [5.41, 5.74) is 2.34. The number of halogens is 1. The fourth-order valence-electron chi connectivity index (χ4n) is 4.08. The molecular formula is C24H25ClN2O. The second-order valence-corrected chi connectivity index (χ2v) is 7.89. The second-order valence-electron chi connectivity index (χ2n) is 7.45. The number of carbonyl (C=O) groups excluding carboxylic acids is 1. The summed E-state index contributed by atoms with van der Waals surface area (Å²) in [6.45, 7) is 3.69. The Balaban J connectivity index is 1.37. The van der Waals surface area contributed by atoms with Gasteiger partial charge in [-0.05, 0) is 48.9 Å². The molecule has 0 unspecified atom stereocenters. The van der Waals surface area contributed by atoms with E-state index in [2.05, 4.69) is 59.6 Å². The zero-order valence-corrected chi connectivity index (χ0v) is 16.8. The Kier molecular flexibility index (Phi) is 5.54. The van der Waals surface area contributed by atoms with Crippen molar-refractivity contribution in [3.63, 3.8) is 0 Å². The predicted molar refractivity (Wildman–Crippen MR) is 117 cm³/mol. The summed E-state index contributed by atoms with van der Waals surface area (Å²) in [6, 6.07) is 23.0. The molecule has 4 rings (SSSR count). The minimum atomic E-state index is 0.0985. The van der Waals surface area contributed by atoms with Gasteiger partial charge in [-0.2, -0.15) is 0 Å². The number of benzene rings is 3. The van der Waals surface area contributed by atoms with Gasteiger partial charge in [-0.25, -0.2) is 0 Å². The van der Waals surface area contributed by atoms with Crippen molar-refractivity contribution in [3.05, 3.63) is 77.3 Å². The van der Waals surface area contributed by atoms with E-state index in [-0.39, 0.29) is 11.8 Å². The number of nitrogens with zero attached hydrogens (tertiary/aromatic N) is 1. The molecule has 144 valence electrons. The summed E-state index contributed by atoms with van der Waals surface area (Å²) in [4.78, 5) is 15.0. The van der Waals surface area contributed by atoms with E-state index < -0.39 is 0 Å². The Morgan fingerprint density at radius 3 is 2.50 bits per heavy atom. The third-order valence-corrected chi connectivity index (χ3v) is 5.97. The molecule has 0 heterocycles. The van der Waals surface area contributed by atoms with Gasteiger partial charge in [0.2, 0.25) is 5.91 Å². The van der Waals surface area contributed by atoms with Crippen molar-refractivity contribution in [2.24, 2.45) is 5.92 Å². The monoisotopic (exact) mass is 392 g/mol. The first-order chi connectivity index (χ1) is 13.7. The van der Waals surface area contributed by atoms with Crippen LogP contribution in [0.1, 0.15) is 25.3 Å². The Labute approximate surface area is 171 Å². The molecule has 1 saturated carbocycles. The number of nitrogens with one attached hydrogen (secondary N) is 1. The fourth-order valence-corrected chi connectivity index (χ4v) is 4.20. The van der Waals surface area contributed by atoms with Crippen LogP contribution in [-0.2, 0) is 11.3 Å². The number of anilines is 1. The Hall–Kier alpha value is -2.52. The number of hydrogen-bond donors (Lipinski definition) is 1. The summed E-state index contributed by atoms with van der Waals surface area (Å²) in [6.07, 6.45) is 1.81. The van der Waals surface area contributed by atoms with Crippen LogP contribution < -0.4 is 10.2 Å². The minimum absolute atomic E-state index is 0.0985. The topological polar surface area (TPSA) is 32.3 Å². The van der Waals surface area contributed by atoms with E-state index in [0.717, 1.165) is 24.9 Å². The Bertz CT molecular complexity index is 959. The van der Waals surface area contributed by atoms with Gasteiger partial charge in [-0.3, -0.25) is 4.79 Å². The van der Waals surface area contributed by atoms with E-state index in [1.54, 1.807) is 0 Å². The number of amides is 1.